The third kappa shape index (κ3) is 4.97. The van der Waals surface area contributed by atoms with Gasteiger partial charge in [0.15, 0.2) is 0 Å². The molecule has 1 aromatic heterocycles. The minimum atomic E-state index is -3.98. The van der Waals surface area contributed by atoms with Gasteiger partial charge in [0.25, 0.3) is 5.56 Å². The number of methoxy groups -OCH3 is 1. The summed E-state index contributed by atoms with van der Waals surface area (Å²) in [7, 11) is -2.48. The summed E-state index contributed by atoms with van der Waals surface area (Å²) in [5.41, 5.74) is 2.25. The van der Waals surface area contributed by atoms with Crippen molar-refractivity contribution in [2.45, 2.75) is 24.9 Å². The Kier molecular flexibility index (Phi) is 6.31. The molecule has 0 bridgehead atoms. The molecule has 1 N–H and O–H groups in total. The fourth-order valence-corrected chi connectivity index (χ4v) is 5.00. The maximum atomic E-state index is 13.5. The van der Waals surface area contributed by atoms with E-state index < -0.39 is 15.8 Å². The molecule has 1 heterocycles. The van der Waals surface area contributed by atoms with E-state index in [1.807, 2.05) is 25.1 Å². The van der Waals surface area contributed by atoms with Crippen LogP contribution in [0.2, 0.25) is 0 Å². The number of fused-ring (bicyclic) bond motifs is 1. The first-order valence-corrected chi connectivity index (χ1v) is 11.7. The number of hydrogen-bond acceptors (Lipinski definition) is 4. The number of aryl methyl sites for hydroxylation is 1. The number of aromatic amines is 1. The van der Waals surface area contributed by atoms with E-state index in [0.29, 0.717) is 22.4 Å². The Bertz CT molecular complexity index is 1450. The van der Waals surface area contributed by atoms with Gasteiger partial charge in [-0.25, -0.2) is 12.8 Å². The summed E-state index contributed by atoms with van der Waals surface area (Å²) in [6, 6.07) is 19.0. The minimum absolute atomic E-state index is 0.0278. The van der Waals surface area contributed by atoms with E-state index in [1.165, 1.54) is 47.8 Å². The largest absolute Gasteiger partial charge is 0.497 e. The number of pyridine rings is 1. The molecule has 4 rings (SSSR count). The lowest BCUT2D eigenvalue weighted by Crippen LogP contribution is -2.32. The van der Waals surface area contributed by atoms with Gasteiger partial charge in [-0.05, 0) is 72.5 Å². The lowest BCUT2D eigenvalue weighted by molar-refractivity contribution is 0.399. The van der Waals surface area contributed by atoms with Gasteiger partial charge in [-0.3, -0.25) is 4.79 Å². The summed E-state index contributed by atoms with van der Waals surface area (Å²) in [5, 5.41) is 0.813. The molecule has 0 aliphatic rings. The number of nitrogens with zero attached hydrogens (tertiary/aromatic N) is 1. The van der Waals surface area contributed by atoms with E-state index in [2.05, 4.69) is 4.98 Å². The highest BCUT2D eigenvalue weighted by Gasteiger charge is 2.26. The molecule has 0 fully saturated rings. The Balaban J connectivity index is 1.76. The van der Waals surface area contributed by atoms with Crippen LogP contribution >= 0.6 is 0 Å². The topological polar surface area (TPSA) is 79.5 Å². The number of sulfonamides is 1. The molecule has 8 heteroatoms. The fourth-order valence-electron chi connectivity index (χ4n) is 3.59. The first-order valence-electron chi connectivity index (χ1n) is 10.3. The van der Waals surface area contributed by atoms with Gasteiger partial charge in [0.1, 0.15) is 11.6 Å². The average Bonchev–Trinajstić information content (AvgIpc) is 2.80. The number of halogens is 1. The van der Waals surface area contributed by atoms with Crippen molar-refractivity contribution in [3.05, 3.63) is 106 Å². The first-order chi connectivity index (χ1) is 15.8. The van der Waals surface area contributed by atoms with E-state index in [9.17, 15) is 17.6 Å². The third-order valence-corrected chi connectivity index (χ3v) is 7.20. The van der Waals surface area contributed by atoms with Gasteiger partial charge in [0.05, 0.1) is 12.0 Å². The van der Waals surface area contributed by atoms with Crippen molar-refractivity contribution in [2.24, 2.45) is 0 Å². The number of hydrogen-bond donors (Lipinski definition) is 1. The van der Waals surface area contributed by atoms with E-state index in [1.54, 1.807) is 18.2 Å². The molecule has 0 aliphatic carbocycles. The van der Waals surface area contributed by atoms with Gasteiger partial charge < -0.3 is 9.72 Å². The molecule has 0 unspecified atom stereocenters. The van der Waals surface area contributed by atoms with Crippen LogP contribution in [-0.2, 0) is 23.1 Å². The van der Waals surface area contributed by atoms with Crippen molar-refractivity contribution in [3.63, 3.8) is 0 Å². The van der Waals surface area contributed by atoms with Crippen LogP contribution < -0.4 is 10.3 Å². The molecule has 0 spiro atoms. The van der Waals surface area contributed by atoms with Gasteiger partial charge in [-0.15, -0.1) is 0 Å². The van der Waals surface area contributed by atoms with Crippen LogP contribution in [0.1, 0.15) is 16.7 Å². The molecule has 6 nitrogen and oxygen atoms in total. The second-order valence-corrected chi connectivity index (χ2v) is 9.73. The first kappa shape index (κ1) is 22.7. The summed E-state index contributed by atoms with van der Waals surface area (Å²) in [4.78, 5) is 15.6. The van der Waals surface area contributed by atoms with Crippen LogP contribution in [0.15, 0.2) is 82.5 Å². The van der Waals surface area contributed by atoms with Crippen LogP contribution in [0, 0.1) is 12.7 Å². The van der Waals surface area contributed by atoms with Crippen LogP contribution in [-0.4, -0.2) is 24.8 Å². The van der Waals surface area contributed by atoms with Crippen LogP contribution in [0.3, 0.4) is 0 Å². The maximum Gasteiger partial charge on any atom is 0.252 e. The quantitative estimate of drug-likeness (QED) is 0.439. The molecular weight excluding hydrogens is 443 g/mol. The Morgan fingerprint density at radius 1 is 0.939 bits per heavy atom. The van der Waals surface area contributed by atoms with Gasteiger partial charge in [0, 0.05) is 24.2 Å². The van der Waals surface area contributed by atoms with Crippen molar-refractivity contribution in [1.82, 2.24) is 9.29 Å². The summed E-state index contributed by atoms with van der Waals surface area (Å²) in [6.45, 7) is 1.77. The second-order valence-electron chi connectivity index (χ2n) is 7.79. The van der Waals surface area contributed by atoms with Gasteiger partial charge in [-0.2, -0.15) is 4.31 Å². The monoisotopic (exact) mass is 466 g/mol. The Morgan fingerprint density at radius 3 is 2.30 bits per heavy atom. The SMILES string of the molecule is COc1ccc(S(=O)(=O)N(Cc2ccc(F)cc2)Cc2cc3cc(C)ccc3[nH]c2=O)cc1. The Morgan fingerprint density at radius 2 is 1.64 bits per heavy atom. The van der Waals surface area contributed by atoms with Crippen LogP contribution in [0.5, 0.6) is 5.75 Å². The molecule has 0 atom stereocenters. The molecule has 0 aliphatic heterocycles. The molecule has 4 aromatic rings. The molecule has 0 saturated carbocycles. The van der Waals surface area contributed by atoms with E-state index >= 15 is 0 Å². The lowest BCUT2D eigenvalue weighted by atomic mass is 10.1. The van der Waals surface area contributed by atoms with Gasteiger partial charge >= 0.3 is 0 Å². The summed E-state index contributed by atoms with van der Waals surface area (Å²) in [6.07, 6.45) is 0. The number of ether oxygens (including phenoxy) is 1. The number of aromatic nitrogens is 1. The lowest BCUT2D eigenvalue weighted by Gasteiger charge is -2.22. The smallest absolute Gasteiger partial charge is 0.252 e. The zero-order valence-electron chi connectivity index (χ0n) is 18.2. The Hall–Kier alpha value is -3.49. The van der Waals surface area contributed by atoms with Crippen molar-refractivity contribution in [2.75, 3.05) is 7.11 Å². The summed E-state index contributed by atoms with van der Waals surface area (Å²) >= 11 is 0. The van der Waals surface area contributed by atoms with Crippen molar-refractivity contribution in [3.8, 4) is 5.75 Å². The fraction of sp³-hybridized carbons (Fsp3) is 0.160. The zero-order chi connectivity index (χ0) is 23.6. The maximum absolute atomic E-state index is 13.5. The highest BCUT2D eigenvalue weighted by Crippen LogP contribution is 2.24. The van der Waals surface area contributed by atoms with Crippen molar-refractivity contribution in [1.29, 1.82) is 0 Å². The molecule has 0 amide bonds. The minimum Gasteiger partial charge on any atom is -0.497 e. The van der Waals surface area contributed by atoms with Gasteiger partial charge in [0.2, 0.25) is 10.0 Å². The highest BCUT2D eigenvalue weighted by atomic mass is 32.2. The number of H-pyrrole nitrogens is 1. The molecule has 0 radical (unpaired) electrons. The second kappa shape index (κ2) is 9.17. The van der Waals surface area contributed by atoms with Crippen LogP contribution in [0.25, 0.3) is 10.9 Å². The number of nitrogens with one attached hydrogen (secondary N) is 1. The summed E-state index contributed by atoms with van der Waals surface area (Å²) < 4.78 is 46.8. The van der Waals surface area contributed by atoms with Crippen molar-refractivity contribution < 1.29 is 17.5 Å². The molecule has 3 aromatic carbocycles. The van der Waals surface area contributed by atoms with E-state index in [4.69, 9.17) is 4.74 Å². The molecular formula is C25H23FN2O4S. The average molecular weight is 467 g/mol. The van der Waals surface area contributed by atoms with Crippen molar-refractivity contribution >= 4 is 20.9 Å². The predicted molar refractivity (Wildman–Crippen MR) is 125 cm³/mol. The third-order valence-electron chi connectivity index (χ3n) is 5.39. The highest BCUT2D eigenvalue weighted by molar-refractivity contribution is 7.89. The molecule has 33 heavy (non-hydrogen) atoms. The van der Waals surface area contributed by atoms with Crippen LogP contribution in [0.4, 0.5) is 4.39 Å². The zero-order valence-corrected chi connectivity index (χ0v) is 19.0. The normalized spacial score (nSPS) is 11.8. The predicted octanol–water partition coefficient (Wildman–Crippen LogP) is 4.38. The Labute approximate surface area is 191 Å². The van der Waals surface area contributed by atoms with E-state index in [0.717, 1.165) is 10.9 Å². The summed E-state index contributed by atoms with van der Waals surface area (Å²) in [5.74, 6) is 0.116. The standard InChI is InChI=1S/C25H23FN2O4S/c1-17-3-12-24-19(13-17)14-20(25(29)27-24)16-28(15-18-4-6-21(26)7-5-18)33(30,31)23-10-8-22(32-2)9-11-23/h3-14H,15-16H2,1-2H3,(H,27,29). The molecule has 170 valence electrons. The number of rotatable bonds is 7. The van der Waals surface area contributed by atoms with E-state index in [-0.39, 0.29) is 23.5 Å². The van der Waals surface area contributed by atoms with Gasteiger partial charge in [-0.1, -0.05) is 23.8 Å². The number of benzene rings is 3. The molecule has 0 saturated heterocycles.